The molecule has 32 heavy (non-hydrogen) atoms. The highest BCUT2D eigenvalue weighted by atomic mass is 35.5. The Balaban J connectivity index is 1.83. The maximum absolute atomic E-state index is 13.6. The second-order valence-electron chi connectivity index (χ2n) is 9.05. The van der Waals surface area contributed by atoms with Crippen LogP contribution >= 0.6 is 11.6 Å². The molecule has 1 aromatic heterocycles. The fourth-order valence-electron chi connectivity index (χ4n) is 4.30. The normalized spacial score (nSPS) is 23.6. The average Bonchev–Trinajstić information content (AvgIpc) is 3.18. The molecule has 0 saturated carbocycles. The molecule has 0 aliphatic carbocycles. The molecule has 0 bridgehead atoms. The third-order valence-corrected chi connectivity index (χ3v) is 5.93. The first-order valence-corrected chi connectivity index (χ1v) is 10.5. The number of aliphatic imine (C=N–C) groups is 1. The molecule has 164 valence electrons. The second kappa shape index (κ2) is 6.67. The Bertz CT molecular complexity index is 1390. The summed E-state index contributed by atoms with van der Waals surface area (Å²) < 4.78 is 12.1. The Hall–Kier alpha value is -3.16. The molecular weight excluding hydrogens is 432 g/mol. The first-order chi connectivity index (χ1) is 15.0. The van der Waals surface area contributed by atoms with Crippen molar-refractivity contribution in [1.82, 2.24) is 0 Å². The number of carbonyl (C=O) groups is 1. The van der Waals surface area contributed by atoms with E-state index in [0.717, 1.165) is 0 Å². The van der Waals surface area contributed by atoms with Crippen LogP contribution in [0.5, 0.6) is 0 Å². The Labute approximate surface area is 188 Å². The molecule has 1 N–H and O–H groups in total. The van der Waals surface area contributed by atoms with Gasteiger partial charge in [0.1, 0.15) is 5.58 Å². The van der Waals surface area contributed by atoms with Gasteiger partial charge in [-0.2, -0.15) is 0 Å². The van der Waals surface area contributed by atoms with Gasteiger partial charge in [0.25, 0.3) is 11.8 Å². The number of likely N-dealkylation sites (N-methyl/N-ethyl adjacent to an activating group) is 1. The minimum absolute atomic E-state index is 0.0451. The lowest BCUT2D eigenvalue weighted by molar-refractivity contribution is -0.147. The van der Waals surface area contributed by atoms with Crippen molar-refractivity contribution in [2.45, 2.75) is 38.0 Å². The van der Waals surface area contributed by atoms with Gasteiger partial charge in [-0.15, -0.1) is 0 Å². The summed E-state index contributed by atoms with van der Waals surface area (Å²) >= 11 is 6.11. The molecule has 5 rings (SSSR count). The van der Waals surface area contributed by atoms with Crippen LogP contribution in [0.3, 0.4) is 0 Å². The van der Waals surface area contributed by atoms with Gasteiger partial charge in [-0.05, 0) is 45.0 Å². The lowest BCUT2D eigenvalue weighted by atomic mass is 9.85. The summed E-state index contributed by atoms with van der Waals surface area (Å²) in [5.41, 5.74) is -1.87. The van der Waals surface area contributed by atoms with Crippen LogP contribution < -0.4 is 10.3 Å². The quantitative estimate of drug-likeness (QED) is 0.604. The standard InChI is InChI=1S/C24H21ClN2O5/c1-23(2,3)26-21-19-17(18(28)13-11-12(25)9-10-16(13)31-19)20(32-21)24(30)14-7-5-6-8-15(14)27(4)22(24)29/h5-11,20,30H,1-4H3/t20-,24-/m0/s1. The minimum Gasteiger partial charge on any atom is -0.463 e. The van der Waals surface area contributed by atoms with Gasteiger partial charge in [-0.3, -0.25) is 9.59 Å². The molecule has 7 nitrogen and oxygen atoms in total. The molecule has 3 aromatic rings. The van der Waals surface area contributed by atoms with Crippen LogP contribution in [0.15, 0.2) is 56.7 Å². The summed E-state index contributed by atoms with van der Waals surface area (Å²) in [6.07, 6.45) is -1.34. The zero-order valence-electron chi connectivity index (χ0n) is 18.0. The van der Waals surface area contributed by atoms with Gasteiger partial charge < -0.3 is 19.2 Å². The first-order valence-electron chi connectivity index (χ1n) is 10.2. The molecule has 2 aromatic carbocycles. The number of para-hydroxylation sites is 1. The smallest absolute Gasteiger partial charge is 0.267 e. The first kappa shape index (κ1) is 20.7. The third kappa shape index (κ3) is 2.81. The second-order valence-corrected chi connectivity index (χ2v) is 9.48. The van der Waals surface area contributed by atoms with Crippen molar-refractivity contribution in [3.05, 3.63) is 74.6 Å². The topological polar surface area (TPSA) is 92.3 Å². The van der Waals surface area contributed by atoms with Gasteiger partial charge >= 0.3 is 0 Å². The Kier molecular flexibility index (Phi) is 4.32. The van der Waals surface area contributed by atoms with E-state index >= 15 is 0 Å². The number of hydrogen-bond acceptors (Lipinski definition) is 6. The lowest BCUT2D eigenvalue weighted by Crippen LogP contribution is -2.44. The van der Waals surface area contributed by atoms with Gasteiger partial charge in [0.15, 0.2) is 11.9 Å². The predicted octanol–water partition coefficient (Wildman–Crippen LogP) is 3.93. The number of amides is 1. The van der Waals surface area contributed by atoms with Crippen LogP contribution in [0, 0.1) is 0 Å². The molecule has 2 atom stereocenters. The molecule has 1 amide bonds. The molecule has 0 unspecified atom stereocenters. The fourth-order valence-corrected chi connectivity index (χ4v) is 4.47. The number of fused-ring (bicyclic) bond motifs is 3. The summed E-state index contributed by atoms with van der Waals surface area (Å²) in [4.78, 5) is 32.8. The van der Waals surface area contributed by atoms with Crippen LogP contribution in [-0.2, 0) is 15.1 Å². The molecule has 0 spiro atoms. The van der Waals surface area contributed by atoms with E-state index in [-0.39, 0.29) is 22.6 Å². The van der Waals surface area contributed by atoms with Gasteiger partial charge in [0.2, 0.25) is 11.0 Å². The molecule has 8 heteroatoms. The maximum Gasteiger partial charge on any atom is 0.267 e. The highest BCUT2D eigenvalue weighted by Crippen LogP contribution is 2.51. The van der Waals surface area contributed by atoms with E-state index in [1.807, 2.05) is 20.8 Å². The van der Waals surface area contributed by atoms with Gasteiger partial charge in [-0.25, -0.2) is 4.99 Å². The number of rotatable bonds is 1. The predicted molar refractivity (Wildman–Crippen MR) is 121 cm³/mol. The number of aliphatic hydroxyl groups is 1. The van der Waals surface area contributed by atoms with E-state index in [0.29, 0.717) is 21.9 Å². The Morgan fingerprint density at radius 1 is 1.16 bits per heavy atom. The summed E-state index contributed by atoms with van der Waals surface area (Å²) in [5, 5.41) is 12.4. The zero-order valence-corrected chi connectivity index (χ0v) is 18.7. The molecule has 0 radical (unpaired) electrons. The van der Waals surface area contributed by atoms with Gasteiger partial charge in [-0.1, -0.05) is 29.8 Å². The molecular formula is C24H21ClN2O5. The van der Waals surface area contributed by atoms with Crippen LogP contribution in [0.4, 0.5) is 5.69 Å². The highest BCUT2D eigenvalue weighted by molar-refractivity contribution is 6.31. The third-order valence-electron chi connectivity index (χ3n) is 5.70. The van der Waals surface area contributed by atoms with Gasteiger partial charge in [0, 0.05) is 17.6 Å². The number of ether oxygens (including phenoxy) is 1. The Morgan fingerprint density at radius 2 is 1.88 bits per heavy atom. The van der Waals surface area contributed by atoms with Crippen molar-refractivity contribution in [3.8, 4) is 0 Å². The lowest BCUT2D eigenvalue weighted by Gasteiger charge is -2.28. The van der Waals surface area contributed by atoms with Crippen molar-refractivity contribution < 1.29 is 19.1 Å². The molecule has 3 heterocycles. The maximum atomic E-state index is 13.6. The number of hydrogen-bond donors (Lipinski definition) is 1. The average molecular weight is 453 g/mol. The summed E-state index contributed by atoms with van der Waals surface area (Å²) in [7, 11) is 1.57. The Morgan fingerprint density at radius 3 is 2.59 bits per heavy atom. The molecule has 2 aliphatic heterocycles. The van der Waals surface area contributed by atoms with E-state index in [1.54, 1.807) is 43.4 Å². The van der Waals surface area contributed by atoms with Crippen LogP contribution in [0.25, 0.3) is 11.0 Å². The van der Waals surface area contributed by atoms with E-state index in [4.69, 9.17) is 20.8 Å². The number of halogens is 1. The minimum atomic E-state index is -2.13. The highest BCUT2D eigenvalue weighted by Gasteiger charge is 2.60. The van der Waals surface area contributed by atoms with Crippen molar-refractivity contribution in [2.24, 2.45) is 4.99 Å². The van der Waals surface area contributed by atoms with Crippen molar-refractivity contribution in [3.63, 3.8) is 0 Å². The van der Waals surface area contributed by atoms with Crippen molar-refractivity contribution in [1.29, 1.82) is 0 Å². The summed E-state index contributed by atoms with van der Waals surface area (Å²) in [5.74, 6) is -0.421. The number of benzene rings is 2. The number of anilines is 1. The number of nitrogens with zero attached hydrogens (tertiary/aromatic N) is 2. The van der Waals surface area contributed by atoms with Gasteiger partial charge in [0.05, 0.1) is 22.2 Å². The van der Waals surface area contributed by atoms with Crippen LogP contribution in [0.1, 0.15) is 43.8 Å². The summed E-state index contributed by atoms with van der Waals surface area (Å²) in [6, 6.07) is 11.6. The number of carbonyl (C=O) groups excluding carboxylic acids is 1. The molecule has 2 aliphatic rings. The molecule has 0 fully saturated rings. The van der Waals surface area contributed by atoms with Crippen molar-refractivity contribution in [2.75, 3.05) is 11.9 Å². The van der Waals surface area contributed by atoms with Crippen molar-refractivity contribution >= 4 is 40.1 Å². The monoisotopic (exact) mass is 452 g/mol. The zero-order chi connectivity index (χ0) is 23.0. The van der Waals surface area contributed by atoms with E-state index in [2.05, 4.69) is 4.99 Å². The van der Waals surface area contributed by atoms with E-state index in [9.17, 15) is 14.7 Å². The fraction of sp³-hybridized carbons (Fsp3) is 0.292. The molecule has 0 saturated heterocycles. The largest absolute Gasteiger partial charge is 0.463 e. The summed E-state index contributed by atoms with van der Waals surface area (Å²) in [6.45, 7) is 5.61. The van der Waals surface area contributed by atoms with Crippen LogP contribution in [0.2, 0.25) is 5.02 Å². The van der Waals surface area contributed by atoms with E-state index in [1.165, 1.54) is 11.0 Å². The SMILES string of the molecule is CN1C(=O)[C@@](O)([C@H]2OC(=NC(C)(C)C)c3oc4ccc(Cl)cc4c(=O)c32)c2ccccc21. The van der Waals surface area contributed by atoms with Crippen LogP contribution in [-0.4, -0.2) is 29.5 Å². The van der Waals surface area contributed by atoms with E-state index < -0.39 is 28.6 Å².